The highest BCUT2D eigenvalue weighted by Crippen LogP contribution is 2.33. The smallest absolute Gasteiger partial charge is 0.0897 e. The Balaban J connectivity index is 2.07. The van der Waals surface area contributed by atoms with Gasteiger partial charge in [0.25, 0.3) is 0 Å². The lowest BCUT2D eigenvalue weighted by atomic mass is 10.1. The summed E-state index contributed by atoms with van der Waals surface area (Å²) >= 11 is 0. The first-order valence-electron chi connectivity index (χ1n) is 5.18. The number of aliphatic hydroxyl groups excluding tert-OH is 1. The van der Waals surface area contributed by atoms with Crippen LogP contribution in [0.25, 0.3) is 0 Å². The molecule has 0 aliphatic heterocycles. The second-order valence-corrected chi connectivity index (χ2v) is 3.87. The molecule has 0 aromatic heterocycles. The minimum atomic E-state index is -0.363. The average Bonchev–Trinajstić information content (AvgIpc) is 2.90. The Morgan fingerprint density at radius 1 is 1.54 bits per heavy atom. The normalized spacial score (nSPS) is 21.5. The molecule has 0 heterocycles. The molecule has 1 rings (SSSR count). The van der Waals surface area contributed by atoms with E-state index in [9.17, 15) is 5.11 Å². The van der Waals surface area contributed by atoms with Gasteiger partial charge in [-0.15, -0.1) is 0 Å². The Morgan fingerprint density at radius 3 is 2.69 bits per heavy atom. The predicted molar refractivity (Wildman–Crippen MR) is 52.7 cm³/mol. The van der Waals surface area contributed by atoms with E-state index in [1.807, 2.05) is 0 Å². The summed E-state index contributed by atoms with van der Waals surface area (Å²) in [5.74, 6) is 0.861. The van der Waals surface area contributed by atoms with Gasteiger partial charge in [0.1, 0.15) is 0 Å². The Morgan fingerprint density at radius 2 is 2.23 bits per heavy atom. The molecule has 0 bridgehead atoms. The van der Waals surface area contributed by atoms with E-state index in [-0.39, 0.29) is 6.10 Å². The van der Waals surface area contributed by atoms with E-state index in [4.69, 9.17) is 4.74 Å². The van der Waals surface area contributed by atoms with Crippen LogP contribution in [0.3, 0.4) is 0 Å². The van der Waals surface area contributed by atoms with Gasteiger partial charge in [-0.3, -0.25) is 0 Å². The van der Waals surface area contributed by atoms with Gasteiger partial charge in [-0.05, 0) is 25.2 Å². The second-order valence-electron chi connectivity index (χ2n) is 3.87. The molecule has 1 aliphatic rings. The standard InChI is InChI=1S/C10H21NO2/c1-3-10(8-4-5-8)11-6-9(12)7-13-2/h8-12H,3-7H2,1-2H3. The minimum absolute atomic E-state index is 0.363. The third kappa shape index (κ3) is 4.07. The van der Waals surface area contributed by atoms with Crippen molar-refractivity contribution in [1.82, 2.24) is 5.32 Å². The molecule has 0 aromatic carbocycles. The summed E-state index contributed by atoms with van der Waals surface area (Å²) in [7, 11) is 1.61. The molecule has 3 nitrogen and oxygen atoms in total. The van der Waals surface area contributed by atoms with Crippen molar-refractivity contribution in [3.05, 3.63) is 0 Å². The molecule has 2 unspecified atom stereocenters. The van der Waals surface area contributed by atoms with Gasteiger partial charge >= 0.3 is 0 Å². The predicted octanol–water partition coefficient (Wildman–Crippen LogP) is 0.772. The summed E-state index contributed by atoms with van der Waals surface area (Å²) in [4.78, 5) is 0. The molecule has 13 heavy (non-hydrogen) atoms. The number of rotatable bonds is 7. The average molecular weight is 187 g/mol. The van der Waals surface area contributed by atoms with E-state index >= 15 is 0 Å². The lowest BCUT2D eigenvalue weighted by Gasteiger charge is -2.18. The molecule has 0 amide bonds. The zero-order chi connectivity index (χ0) is 9.68. The first kappa shape index (κ1) is 11.0. The van der Waals surface area contributed by atoms with Crippen LogP contribution in [0.5, 0.6) is 0 Å². The van der Waals surface area contributed by atoms with Gasteiger partial charge in [-0.25, -0.2) is 0 Å². The third-order valence-electron chi connectivity index (χ3n) is 2.61. The summed E-state index contributed by atoms with van der Waals surface area (Å²) in [6.45, 7) is 3.27. The molecule has 1 saturated carbocycles. The highest BCUT2D eigenvalue weighted by molar-refractivity contribution is 4.85. The topological polar surface area (TPSA) is 41.5 Å². The van der Waals surface area contributed by atoms with Crippen LogP contribution in [0.4, 0.5) is 0 Å². The maximum absolute atomic E-state index is 9.41. The molecule has 0 saturated heterocycles. The number of ether oxygens (including phenoxy) is 1. The molecular weight excluding hydrogens is 166 g/mol. The number of hydrogen-bond acceptors (Lipinski definition) is 3. The molecule has 0 spiro atoms. The van der Waals surface area contributed by atoms with E-state index in [1.165, 1.54) is 12.8 Å². The number of aliphatic hydroxyl groups is 1. The fraction of sp³-hybridized carbons (Fsp3) is 1.00. The largest absolute Gasteiger partial charge is 0.389 e. The summed E-state index contributed by atoms with van der Waals surface area (Å²) in [5, 5.41) is 12.8. The van der Waals surface area contributed by atoms with Crippen molar-refractivity contribution in [2.24, 2.45) is 5.92 Å². The molecule has 0 radical (unpaired) electrons. The van der Waals surface area contributed by atoms with E-state index in [0.717, 1.165) is 12.3 Å². The van der Waals surface area contributed by atoms with Crippen LogP contribution in [0.15, 0.2) is 0 Å². The Kier molecular flexibility index (Phi) is 4.70. The fourth-order valence-electron chi connectivity index (χ4n) is 1.68. The van der Waals surface area contributed by atoms with Crippen LogP contribution in [-0.2, 0) is 4.74 Å². The Bertz CT molecular complexity index is 137. The fourth-order valence-corrected chi connectivity index (χ4v) is 1.68. The van der Waals surface area contributed by atoms with Crippen LogP contribution >= 0.6 is 0 Å². The SMILES string of the molecule is CCC(NCC(O)COC)C1CC1. The van der Waals surface area contributed by atoms with Crippen LogP contribution < -0.4 is 5.32 Å². The Hall–Kier alpha value is -0.120. The lowest BCUT2D eigenvalue weighted by molar-refractivity contribution is 0.0621. The van der Waals surface area contributed by atoms with Crippen molar-refractivity contribution in [3.63, 3.8) is 0 Å². The molecule has 3 heteroatoms. The number of methoxy groups -OCH3 is 1. The molecule has 78 valence electrons. The Labute approximate surface area is 80.5 Å². The summed E-state index contributed by atoms with van der Waals surface area (Å²) in [5.41, 5.74) is 0. The summed E-state index contributed by atoms with van der Waals surface area (Å²) in [6.07, 6.45) is 3.50. The van der Waals surface area contributed by atoms with Crippen molar-refractivity contribution < 1.29 is 9.84 Å². The molecule has 2 atom stereocenters. The van der Waals surface area contributed by atoms with Crippen LogP contribution in [0, 0.1) is 5.92 Å². The minimum Gasteiger partial charge on any atom is -0.389 e. The van der Waals surface area contributed by atoms with Crippen molar-refractivity contribution in [3.8, 4) is 0 Å². The maximum atomic E-state index is 9.41. The van der Waals surface area contributed by atoms with Gasteiger partial charge in [-0.2, -0.15) is 0 Å². The first-order valence-corrected chi connectivity index (χ1v) is 5.18. The quantitative estimate of drug-likeness (QED) is 0.618. The zero-order valence-corrected chi connectivity index (χ0v) is 8.62. The molecule has 1 fully saturated rings. The summed E-state index contributed by atoms with van der Waals surface area (Å²) < 4.78 is 4.86. The van der Waals surface area contributed by atoms with Crippen molar-refractivity contribution in [2.45, 2.75) is 38.3 Å². The van der Waals surface area contributed by atoms with Crippen molar-refractivity contribution in [2.75, 3.05) is 20.3 Å². The van der Waals surface area contributed by atoms with Gasteiger partial charge < -0.3 is 15.2 Å². The van der Waals surface area contributed by atoms with E-state index in [2.05, 4.69) is 12.2 Å². The van der Waals surface area contributed by atoms with Gasteiger partial charge in [0.15, 0.2) is 0 Å². The third-order valence-corrected chi connectivity index (χ3v) is 2.61. The first-order chi connectivity index (χ1) is 6.27. The molecular formula is C10H21NO2. The highest BCUT2D eigenvalue weighted by atomic mass is 16.5. The molecule has 2 N–H and O–H groups in total. The van der Waals surface area contributed by atoms with Crippen molar-refractivity contribution in [1.29, 1.82) is 0 Å². The monoisotopic (exact) mass is 187 g/mol. The highest BCUT2D eigenvalue weighted by Gasteiger charge is 2.29. The van der Waals surface area contributed by atoms with Gasteiger partial charge in [0, 0.05) is 19.7 Å². The van der Waals surface area contributed by atoms with Crippen LogP contribution in [0.1, 0.15) is 26.2 Å². The van der Waals surface area contributed by atoms with Gasteiger partial charge in [-0.1, -0.05) is 6.92 Å². The van der Waals surface area contributed by atoms with Crippen molar-refractivity contribution >= 4 is 0 Å². The van der Waals surface area contributed by atoms with Gasteiger partial charge in [0.2, 0.25) is 0 Å². The second kappa shape index (κ2) is 5.58. The number of hydrogen-bond donors (Lipinski definition) is 2. The van der Waals surface area contributed by atoms with E-state index in [0.29, 0.717) is 19.2 Å². The number of nitrogens with one attached hydrogen (secondary N) is 1. The summed E-state index contributed by atoms with van der Waals surface area (Å²) in [6, 6.07) is 0.603. The van der Waals surface area contributed by atoms with E-state index in [1.54, 1.807) is 7.11 Å². The molecule has 1 aliphatic carbocycles. The van der Waals surface area contributed by atoms with E-state index < -0.39 is 0 Å². The molecule has 0 aromatic rings. The van der Waals surface area contributed by atoms with Gasteiger partial charge in [0.05, 0.1) is 12.7 Å². The lowest BCUT2D eigenvalue weighted by Crippen LogP contribution is -2.38. The van der Waals surface area contributed by atoms with Crippen LogP contribution in [0.2, 0.25) is 0 Å². The van der Waals surface area contributed by atoms with Crippen LogP contribution in [-0.4, -0.2) is 37.5 Å². The zero-order valence-electron chi connectivity index (χ0n) is 8.62. The maximum Gasteiger partial charge on any atom is 0.0897 e.